The van der Waals surface area contributed by atoms with Crippen molar-refractivity contribution in [3.63, 3.8) is 0 Å². The molecule has 0 amide bonds. The van der Waals surface area contributed by atoms with Gasteiger partial charge >= 0.3 is 0 Å². The predicted octanol–water partition coefficient (Wildman–Crippen LogP) is 1.72. The lowest BCUT2D eigenvalue weighted by Gasteiger charge is -2.34. The van der Waals surface area contributed by atoms with Gasteiger partial charge in [0.05, 0.1) is 16.0 Å². The van der Waals surface area contributed by atoms with Crippen LogP contribution in [0.25, 0.3) is 11.1 Å². The molecular formula is C16H20N2O3S2. The van der Waals surface area contributed by atoms with Crippen LogP contribution in [0.15, 0.2) is 40.6 Å². The minimum absolute atomic E-state index is 0.219. The molecule has 23 heavy (non-hydrogen) atoms. The van der Waals surface area contributed by atoms with E-state index in [1.807, 2.05) is 12.1 Å². The number of nitrogens with two attached hydrogens (primary N) is 1. The Morgan fingerprint density at radius 1 is 1.26 bits per heavy atom. The first kappa shape index (κ1) is 16.4. The summed E-state index contributed by atoms with van der Waals surface area (Å²) in [6, 6.07) is 8.79. The summed E-state index contributed by atoms with van der Waals surface area (Å²) in [7, 11) is -3.17. The molecule has 3 N–H and O–H groups in total. The van der Waals surface area contributed by atoms with E-state index < -0.39 is 15.9 Å². The zero-order chi connectivity index (χ0) is 16.6. The normalized spacial score (nSPS) is 22.3. The van der Waals surface area contributed by atoms with Gasteiger partial charge in [-0.2, -0.15) is 0 Å². The third kappa shape index (κ3) is 3.58. The van der Waals surface area contributed by atoms with E-state index in [4.69, 9.17) is 5.73 Å². The van der Waals surface area contributed by atoms with Crippen molar-refractivity contribution < 1.29 is 13.5 Å². The molecule has 7 heteroatoms. The average molecular weight is 352 g/mol. The van der Waals surface area contributed by atoms with Crippen molar-refractivity contribution in [2.45, 2.75) is 23.5 Å². The number of anilines is 1. The van der Waals surface area contributed by atoms with Gasteiger partial charge in [-0.1, -0.05) is 12.1 Å². The first-order valence-electron chi connectivity index (χ1n) is 7.42. The van der Waals surface area contributed by atoms with Gasteiger partial charge in [-0.05, 0) is 35.7 Å². The van der Waals surface area contributed by atoms with Gasteiger partial charge in [0.25, 0.3) is 0 Å². The minimum atomic E-state index is -3.17. The molecule has 0 spiro atoms. The fourth-order valence-corrected chi connectivity index (χ4v) is 4.30. The van der Waals surface area contributed by atoms with Gasteiger partial charge in [0.15, 0.2) is 9.84 Å². The van der Waals surface area contributed by atoms with Crippen molar-refractivity contribution in [1.82, 2.24) is 0 Å². The standard InChI is InChI=1S/C16H20N2O3S2/c1-23(20,21)13-4-2-11(3-5-13)12-8-16(22-10-12)18-7-6-15(19)14(17)9-18/h2-5,8,10,14-15,19H,6-7,9,17H2,1H3. The summed E-state index contributed by atoms with van der Waals surface area (Å²) in [5.74, 6) is 0. The van der Waals surface area contributed by atoms with Crippen LogP contribution in [-0.4, -0.2) is 45.0 Å². The number of aliphatic hydroxyl groups is 1. The van der Waals surface area contributed by atoms with Crippen LogP contribution in [0, 0.1) is 0 Å². The van der Waals surface area contributed by atoms with E-state index in [2.05, 4.69) is 16.3 Å². The van der Waals surface area contributed by atoms with E-state index in [1.54, 1.807) is 23.5 Å². The van der Waals surface area contributed by atoms with Crippen LogP contribution < -0.4 is 10.6 Å². The van der Waals surface area contributed by atoms with Crippen LogP contribution in [0.1, 0.15) is 6.42 Å². The van der Waals surface area contributed by atoms with E-state index >= 15 is 0 Å². The maximum atomic E-state index is 11.5. The van der Waals surface area contributed by atoms with Crippen molar-refractivity contribution in [1.29, 1.82) is 0 Å². The van der Waals surface area contributed by atoms with Crippen molar-refractivity contribution in [2.75, 3.05) is 24.2 Å². The molecule has 124 valence electrons. The molecule has 3 rings (SSSR count). The molecular weight excluding hydrogens is 332 g/mol. The lowest BCUT2D eigenvalue weighted by Crippen LogP contribution is -2.51. The molecule has 0 bridgehead atoms. The second-order valence-corrected chi connectivity index (χ2v) is 8.84. The van der Waals surface area contributed by atoms with Crippen molar-refractivity contribution >= 4 is 26.2 Å². The van der Waals surface area contributed by atoms with Gasteiger partial charge in [-0.15, -0.1) is 11.3 Å². The van der Waals surface area contributed by atoms with Crippen molar-refractivity contribution in [3.05, 3.63) is 35.7 Å². The Morgan fingerprint density at radius 2 is 1.96 bits per heavy atom. The number of hydrogen-bond donors (Lipinski definition) is 2. The monoisotopic (exact) mass is 352 g/mol. The Kier molecular flexibility index (Phi) is 4.46. The maximum Gasteiger partial charge on any atom is 0.175 e. The number of rotatable bonds is 3. The summed E-state index contributed by atoms with van der Waals surface area (Å²) in [4.78, 5) is 2.52. The molecule has 2 unspecified atom stereocenters. The van der Waals surface area contributed by atoms with Gasteiger partial charge in [0, 0.05) is 30.8 Å². The van der Waals surface area contributed by atoms with Crippen LogP contribution in [-0.2, 0) is 9.84 Å². The molecule has 2 atom stereocenters. The molecule has 1 aromatic carbocycles. The number of hydrogen-bond acceptors (Lipinski definition) is 6. The van der Waals surface area contributed by atoms with Crippen LogP contribution in [0.4, 0.5) is 5.00 Å². The summed E-state index contributed by atoms with van der Waals surface area (Å²) in [5, 5.41) is 12.9. The van der Waals surface area contributed by atoms with Crippen LogP contribution in [0.3, 0.4) is 0 Å². The Hall–Kier alpha value is -1.41. The molecule has 0 radical (unpaired) electrons. The molecule has 2 heterocycles. The molecule has 1 aliphatic heterocycles. The number of benzene rings is 1. The smallest absolute Gasteiger partial charge is 0.175 e. The Bertz CT molecular complexity index is 784. The molecule has 5 nitrogen and oxygen atoms in total. The van der Waals surface area contributed by atoms with E-state index in [-0.39, 0.29) is 6.04 Å². The highest BCUT2D eigenvalue weighted by Crippen LogP contribution is 2.33. The SMILES string of the molecule is CS(=O)(=O)c1ccc(-c2csc(N3CCC(O)C(N)C3)c2)cc1. The first-order valence-corrected chi connectivity index (χ1v) is 10.2. The van der Waals surface area contributed by atoms with Gasteiger partial charge in [-0.3, -0.25) is 0 Å². The van der Waals surface area contributed by atoms with E-state index in [9.17, 15) is 13.5 Å². The molecule has 1 aliphatic rings. The highest BCUT2D eigenvalue weighted by atomic mass is 32.2. The summed E-state index contributed by atoms with van der Waals surface area (Å²) in [5.41, 5.74) is 7.98. The summed E-state index contributed by atoms with van der Waals surface area (Å²) < 4.78 is 23.0. The third-order valence-corrected chi connectivity index (χ3v) is 6.25. The molecule has 0 aliphatic carbocycles. The Morgan fingerprint density at radius 3 is 2.57 bits per heavy atom. The highest BCUT2D eigenvalue weighted by Gasteiger charge is 2.25. The number of thiophene rings is 1. The number of aliphatic hydroxyl groups excluding tert-OH is 1. The summed E-state index contributed by atoms with van der Waals surface area (Å²) >= 11 is 1.63. The summed E-state index contributed by atoms with van der Waals surface area (Å²) in [6.45, 7) is 1.44. The fraction of sp³-hybridized carbons (Fsp3) is 0.375. The second-order valence-electron chi connectivity index (χ2n) is 5.94. The summed E-state index contributed by atoms with van der Waals surface area (Å²) in [6.07, 6.45) is 1.46. The van der Waals surface area contributed by atoms with Crippen molar-refractivity contribution in [2.24, 2.45) is 5.73 Å². The minimum Gasteiger partial charge on any atom is -0.391 e. The molecule has 1 aromatic heterocycles. The van der Waals surface area contributed by atoms with Gasteiger partial charge in [0.2, 0.25) is 0 Å². The Balaban J connectivity index is 1.79. The number of piperidine rings is 1. The van der Waals surface area contributed by atoms with Gasteiger partial charge in [0.1, 0.15) is 0 Å². The molecule has 0 saturated carbocycles. The number of nitrogens with zero attached hydrogens (tertiary/aromatic N) is 1. The third-order valence-electron chi connectivity index (χ3n) is 4.13. The largest absolute Gasteiger partial charge is 0.391 e. The maximum absolute atomic E-state index is 11.5. The zero-order valence-electron chi connectivity index (χ0n) is 12.8. The predicted molar refractivity (Wildman–Crippen MR) is 93.7 cm³/mol. The van der Waals surface area contributed by atoms with E-state index in [0.29, 0.717) is 17.9 Å². The quantitative estimate of drug-likeness (QED) is 0.879. The van der Waals surface area contributed by atoms with Crippen LogP contribution in [0.5, 0.6) is 0 Å². The van der Waals surface area contributed by atoms with Crippen molar-refractivity contribution in [3.8, 4) is 11.1 Å². The van der Waals surface area contributed by atoms with E-state index in [0.717, 1.165) is 22.7 Å². The fourth-order valence-electron chi connectivity index (χ4n) is 2.71. The van der Waals surface area contributed by atoms with E-state index in [1.165, 1.54) is 6.26 Å². The highest BCUT2D eigenvalue weighted by molar-refractivity contribution is 7.90. The molecule has 2 aromatic rings. The lowest BCUT2D eigenvalue weighted by molar-refractivity contribution is 0.125. The van der Waals surface area contributed by atoms with Gasteiger partial charge < -0.3 is 15.7 Å². The molecule has 1 fully saturated rings. The molecule has 1 saturated heterocycles. The number of sulfone groups is 1. The average Bonchev–Trinajstić information content (AvgIpc) is 2.99. The second kappa shape index (κ2) is 6.24. The topological polar surface area (TPSA) is 83.6 Å². The lowest BCUT2D eigenvalue weighted by atomic mass is 10.0. The van der Waals surface area contributed by atoms with Crippen LogP contribution >= 0.6 is 11.3 Å². The zero-order valence-corrected chi connectivity index (χ0v) is 14.5. The van der Waals surface area contributed by atoms with Gasteiger partial charge in [-0.25, -0.2) is 8.42 Å². The Labute approximate surface area is 140 Å². The first-order chi connectivity index (χ1) is 10.8. The van der Waals surface area contributed by atoms with Crippen LogP contribution in [0.2, 0.25) is 0 Å².